The Labute approximate surface area is 139 Å². The van der Waals surface area contributed by atoms with E-state index in [4.69, 9.17) is 4.79 Å². The molecular formula is C15H23N5O2S. The van der Waals surface area contributed by atoms with Crippen molar-refractivity contribution >= 4 is 23.7 Å². The Kier molecular flexibility index (Phi) is 7.40. The number of thiophene rings is 1. The molecule has 7 nitrogen and oxygen atoms in total. The summed E-state index contributed by atoms with van der Waals surface area (Å²) in [6, 6.07) is 1.81. The molecule has 1 aliphatic carbocycles. The number of hydrogen-bond donors (Lipinski definition) is 2. The summed E-state index contributed by atoms with van der Waals surface area (Å²) in [4.78, 5) is 20.3. The van der Waals surface area contributed by atoms with Gasteiger partial charge in [-0.1, -0.05) is 19.1 Å². The van der Waals surface area contributed by atoms with Gasteiger partial charge in [0, 0.05) is 10.9 Å². The predicted octanol–water partition coefficient (Wildman–Crippen LogP) is 1.91. The molecule has 126 valence electrons. The van der Waals surface area contributed by atoms with Crippen LogP contribution in [0.5, 0.6) is 0 Å². The normalized spacial score (nSPS) is 13.7. The monoisotopic (exact) mass is 337 g/mol. The van der Waals surface area contributed by atoms with Crippen LogP contribution < -0.4 is 11.1 Å². The molecule has 0 atom stereocenters. The van der Waals surface area contributed by atoms with Crippen molar-refractivity contribution in [2.24, 2.45) is 5.73 Å². The van der Waals surface area contributed by atoms with Crippen LogP contribution in [-0.4, -0.2) is 27.3 Å². The maximum Gasteiger partial charge on any atom is 0.252 e. The second kappa shape index (κ2) is 9.04. The Bertz CT molecular complexity index is 605. The predicted molar refractivity (Wildman–Crippen MR) is 90.0 cm³/mol. The second-order valence-corrected chi connectivity index (χ2v) is 5.76. The van der Waals surface area contributed by atoms with Crippen molar-refractivity contribution in [1.29, 1.82) is 0 Å². The quantitative estimate of drug-likeness (QED) is 0.832. The molecule has 2 amide bonds. The fraction of sp³-hybridized carbons (Fsp3) is 0.467. The van der Waals surface area contributed by atoms with Crippen molar-refractivity contribution in [2.75, 3.05) is 0 Å². The molecule has 2 heterocycles. The lowest BCUT2D eigenvalue weighted by molar-refractivity contribution is -0.106. The van der Waals surface area contributed by atoms with E-state index in [0.717, 1.165) is 18.5 Å². The lowest BCUT2D eigenvalue weighted by Gasteiger charge is -2.05. The minimum absolute atomic E-state index is 0.0663. The molecule has 23 heavy (non-hydrogen) atoms. The molecule has 0 unspecified atom stereocenters. The Morgan fingerprint density at radius 1 is 1.52 bits per heavy atom. The first-order valence-corrected chi connectivity index (χ1v) is 8.41. The largest absolute Gasteiger partial charge is 0.372 e. The summed E-state index contributed by atoms with van der Waals surface area (Å²) in [5, 5.41) is 14.7. The van der Waals surface area contributed by atoms with Crippen LogP contribution in [0, 0.1) is 0 Å². The molecule has 1 fully saturated rings. The topological polar surface area (TPSA) is 103 Å². The number of aromatic nitrogens is 3. The van der Waals surface area contributed by atoms with Crippen molar-refractivity contribution in [2.45, 2.75) is 45.7 Å². The Morgan fingerprint density at radius 2 is 2.17 bits per heavy atom. The third-order valence-corrected chi connectivity index (χ3v) is 3.96. The van der Waals surface area contributed by atoms with E-state index < -0.39 is 0 Å². The van der Waals surface area contributed by atoms with Crippen LogP contribution in [0.1, 0.15) is 49.7 Å². The summed E-state index contributed by atoms with van der Waals surface area (Å²) in [7, 11) is 0. The molecule has 2 aromatic heterocycles. The zero-order valence-corrected chi connectivity index (χ0v) is 14.5. The molecule has 3 rings (SSSR count). The fourth-order valence-corrected chi connectivity index (χ4v) is 2.36. The van der Waals surface area contributed by atoms with E-state index in [2.05, 4.69) is 28.3 Å². The van der Waals surface area contributed by atoms with Crippen LogP contribution in [-0.2, 0) is 16.9 Å². The average molecular weight is 337 g/mol. The summed E-state index contributed by atoms with van der Waals surface area (Å²) < 4.78 is 1.90. The fourth-order valence-electron chi connectivity index (χ4n) is 1.72. The van der Waals surface area contributed by atoms with Crippen molar-refractivity contribution in [3.05, 3.63) is 34.3 Å². The lowest BCUT2D eigenvalue weighted by Crippen LogP contribution is -2.22. The number of hydrogen-bond acceptors (Lipinski definition) is 5. The van der Waals surface area contributed by atoms with E-state index in [-0.39, 0.29) is 17.9 Å². The number of nitrogens with two attached hydrogens (primary N) is 1. The first-order chi connectivity index (χ1) is 11.1. The number of nitrogens with zero attached hydrogens (tertiary/aromatic N) is 3. The first-order valence-electron chi connectivity index (χ1n) is 7.46. The van der Waals surface area contributed by atoms with Gasteiger partial charge in [-0.25, -0.2) is 4.68 Å². The van der Waals surface area contributed by atoms with E-state index in [1.807, 2.05) is 41.6 Å². The van der Waals surface area contributed by atoms with Gasteiger partial charge in [-0.3, -0.25) is 9.59 Å². The van der Waals surface area contributed by atoms with Gasteiger partial charge in [-0.2, -0.15) is 11.3 Å². The zero-order valence-electron chi connectivity index (χ0n) is 13.7. The molecule has 1 aliphatic rings. The number of rotatable bonds is 4. The summed E-state index contributed by atoms with van der Waals surface area (Å²) in [6.45, 7) is 6.58. The van der Waals surface area contributed by atoms with Gasteiger partial charge in [0.15, 0.2) is 0 Å². The van der Waals surface area contributed by atoms with Gasteiger partial charge in [0.1, 0.15) is 5.69 Å². The summed E-state index contributed by atoms with van der Waals surface area (Å²) in [6.07, 6.45) is 4.47. The van der Waals surface area contributed by atoms with Gasteiger partial charge in [-0.15, -0.1) is 5.10 Å². The Hall–Kier alpha value is -2.22. The van der Waals surface area contributed by atoms with Crippen LogP contribution >= 0.6 is 11.3 Å². The number of nitrogens with one attached hydrogen (secondary N) is 1. The molecule has 8 heteroatoms. The van der Waals surface area contributed by atoms with Crippen LogP contribution in [0.25, 0.3) is 0 Å². The molecule has 0 radical (unpaired) electrons. The van der Waals surface area contributed by atoms with E-state index >= 15 is 0 Å². The van der Waals surface area contributed by atoms with Crippen LogP contribution in [0.3, 0.4) is 0 Å². The van der Waals surface area contributed by atoms with Gasteiger partial charge in [0.25, 0.3) is 5.91 Å². The zero-order chi connectivity index (χ0) is 17.3. The summed E-state index contributed by atoms with van der Waals surface area (Å²) in [5.41, 5.74) is 5.82. The Balaban J connectivity index is 0.000000477. The summed E-state index contributed by atoms with van der Waals surface area (Å²) >= 11 is 1.51. The molecule has 0 aromatic carbocycles. The molecule has 0 bridgehead atoms. The molecule has 0 saturated heterocycles. The van der Waals surface area contributed by atoms with Gasteiger partial charge in [0.05, 0.1) is 18.3 Å². The molecular weight excluding hydrogens is 314 g/mol. The van der Waals surface area contributed by atoms with Crippen LogP contribution in [0.4, 0.5) is 0 Å². The van der Waals surface area contributed by atoms with Crippen molar-refractivity contribution in [1.82, 2.24) is 20.3 Å². The highest BCUT2D eigenvalue weighted by Crippen LogP contribution is 2.41. The SMILES string of the molecule is CC.CC1(n2cc(CNC(=O)c3ccsc3)nn2)CC1.NC=O. The van der Waals surface area contributed by atoms with Crippen molar-refractivity contribution < 1.29 is 9.59 Å². The standard InChI is InChI=1S/C12H14N4OS.C2H6.CH3NO/c1-12(3-4-12)16-7-10(14-15-16)6-13-11(17)9-2-5-18-8-9;1-2;2-1-3/h2,5,7-8H,3-4,6H2,1H3,(H,13,17);1-2H3;1H,(H2,2,3). The lowest BCUT2D eigenvalue weighted by atomic mass is 10.3. The average Bonchev–Trinajstić information content (AvgIpc) is 3.04. The van der Waals surface area contributed by atoms with Crippen molar-refractivity contribution in [3.63, 3.8) is 0 Å². The maximum atomic E-state index is 11.7. The van der Waals surface area contributed by atoms with Crippen molar-refractivity contribution in [3.8, 4) is 0 Å². The highest BCUT2D eigenvalue weighted by molar-refractivity contribution is 7.08. The van der Waals surface area contributed by atoms with Crippen LogP contribution in [0.2, 0.25) is 0 Å². The molecule has 0 aliphatic heterocycles. The van der Waals surface area contributed by atoms with Gasteiger partial charge in [-0.05, 0) is 31.2 Å². The molecule has 0 spiro atoms. The molecule has 3 N–H and O–H groups in total. The van der Waals surface area contributed by atoms with E-state index in [1.54, 1.807) is 0 Å². The second-order valence-electron chi connectivity index (χ2n) is 4.98. The number of primary amides is 1. The number of carbonyl (C=O) groups is 2. The van der Waals surface area contributed by atoms with Crippen LogP contribution in [0.15, 0.2) is 23.0 Å². The highest BCUT2D eigenvalue weighted by atomic mass is 32.1. The number of carbonyl (C=O) groups excluding carboxylic acids is 2. The third kappa shape index (κ3) is 5.48. The van der Waals surface area contributed by atoms with Gasteiger partial charge >= 0.3 is 0 Å². The molecule has 2 aromatic rings. The number of amides is 2. The molecule has 1 saturated carbocycles. The smallest absolute Gasteiger partial charge is 0.252 e. The van der Waals surface area contributed by atoms with E-state index in [9.17, 15) is 4.79 Å². The van der Waals surface area contributed by atoms with E-state index in [1.165, 1.54) is 11.3 Å². The van der Waals surface area contributed by atoms with E-state index in [0.29, 0.717) is 12.1 Å². The maximum absolute atomic E-state index is 11.7. The highest BCUT2D eigenvalue weighted by Gasteiger charge is 2.40. The Morgan fingerprint density at radius 3 is 2.70 bits per heavy atom. The minimum Gasteiger partial charge on any atom is -0.372 e. The van der Waals surface area contributed by atoms with Gasteiger partial charge < -0.3 is 11.1 Å². The minimum atomic E-state index is -0.0663. The summed E-state index contributed by atoms with van der Waals surface area (Å²) in [5.74, 6) is -0.0663. The first kappa shape index (κ1) is 18.8. The third-order valence-electron chi connectivity index (χ3n) is 3.28. The van der Waals surface area contributed by atoms with Gasteiger partial charge in [0.2, 0.25) is 6.41 Å².